The van der Waals surface area contributed by atoms with Gasteiger partial charge in [-0.25, -0.2) is 9.97 Å². The number of para-hydroxylation sites is 1. The number of likely N-dealkylation sites (tertiary alicyclic amines) is 1. The molecule has 1 atom stereocenters. The first-order valence-corrected chi connectivity index (χ1v) is 10.5. The molecule has 1 unspecified atom stereocenters. The highest BCUT2D eigenvalue weighted by molar-refractivity contribution is 5.78. The van der Waals surface area contributed by atoms with Gasteiger partial charge in [-0.3, -0.25) is 9.88 Å². The summed E-state index contributed by atoms with van der Waals surface area (Å²) in [6, 6.07) is 14.7. The summed E-state index contributed by atoms with van der Waals surface area (Å²) in [7, 11) is 0. The Morgan fingerprint density at radius 3 is 2.83 bits per heavy atom. The lowest BCUT2D eigenvalue weighted by Crippen LogP contribution is -2.21. The van der Waals surface area contributed by atoms with Crippen LogP contribution in [-0.4, -0.2) is 38.1 Å². The van der Waals surface area contributed by atoms with Crippen molar-refractivity contribution in [1.82, 2.24) is 25.0 Å². The molecule has 0 amide bonds. The Balaban J connectivity index is 1.25. The molecule has 0 spiro atoms. The summed E-state index contributed by atoms with van der Waals surface area (Å²) in [4.78, 5) is 16.3. The smallest absolute Gasteiger partial charge is 0.143 e. The van der Waals surface area contributed by atoms with Gasteiger partial charge in [0.05, 0.1) is 28.2 Å². The van der Waals surface area contributed by atoms with Crippen LogP contribution < -0.4 is 0 Å². The second-order valence-electron chi connectivity index (χ2n) is 8.18. The molecule has 1 aliphatic rings. The van der Waals surface area contributed by atoms with Crippen molar-refractivity contribution in [2.24, 2.45) is 5.92 Å². The van der Waals surface area contributed by atoms with Gasteiger partial charge in [-0.15, -0.1) is 0 Å². The number of nitrogens with zero attached hydrogens (tertiary/aromatic N) is 5. The summed E-state index contributed by atoms with van der Waals surface area (Å²) >= 11 is 0. The largest absolute Gasteiger partial charge is 0.361 e. The minimum Gasteiger partial charge on any atom is -0.361 e. The molecule has 0 bridgehead atoms. The van der Waals surface area contributed by atoms with E-state index in [-0.39, 0.29) is 0 Å². The fourth-order valence-electron chi connectivity index (χ4n) is 4.44. The van der Waals surface area contributed by atoms with Crippen LogP contribution in [0, 0.1) is 19.8 Å². The molecule has 0 radical (unpaired) electrons. The minimum absolute atomic E-state index is 0.595. The molecule has 1 aliphatic heterocycles. The highest BCUT2D eigenvalue weighted by Gasteiger charge is 2.24. The number of benzene rings is 1. The van der Waals surface area contributed by atoms with E-state index in [0.717, 1.165) is 65.7 Å². The predicted molar refractivity (Wildman–Crippen MR) is 116 cm³/mol. The zero-order valence-electron chi connectivity index (χ0n) is 17.4. The second-order valence-corrected chi connectivity index (χ2v) is 8.18. The van der Waals surface area contributed by atoms with E-state index in [2.05, 4.69) is 56.4 Å². The molecule has 4 aromatic rings. The zero-order valence-corrected chi connectivity index (χ0v) is 17.4. The third kappa shape index (κ3) is 3.83. The lowest BCUT2D eigenvalue weighted by atomic mass is 10.0. The van der Waals surface area contributed by atoms with E-state index < -0.39 is 0 Å². The molecule has 5 rings (SSSR count). The maximum atomic E-state index is 5.30. The van der Waals surface area contributed by atoms with Crippen LogP contribution in [0.1, 0.15) is 29.3 Å². The summed E-state index contributed by atoms with van der Waals surface area (Å²) < 4.78 is 5.30. The van der Waals surface area contributed by atoms with E-state index in [1.807, 2.05) is 19.9 Å². The Labute approximate surface area is 176 Å². The number of hydrogen-bond donors (Lipinski definition) is 0. The minimum atomic E-state index is 0.595. The van der Waals surface area contributed by atoms with Gasteiger partial charge < -0.3 is 4.52 Å². The van der Waals surface area contributed by atoms with Crippen molar-refractivity contribution in [1.29, 1.82) is 0 Å². The van der Waals surface area contributed by atoms with Gasteiger partial charge >= 0.3 is 0 Å². The van der Waals surface area contributed by atoms with Gasteiger partial charge in [-0.2, -0.15) is 0 Å². The molecular formula is C24H25N5O. The van der Waals surface area contributed by atoms with E-state index in [4.69, 9.17) is 9.51 Å². The maximum absolute atomic E-state index is 5.30. The van der Waals surface area contributed by atoms with E-state index in [1.54, 1.807) is 6.33 Å². The lowest BCUT2D eigenvalue weighted by Gasteiger charge is -2.16. The standard InChI is InChI=1S/C24H25N5O/c1-16-24(17(2)30-28-16)23-12-21(25-15-26-23)11-18-9-10-29(13-18)14-20-8-7-19-5-3-4-6-22(19)27-20/h3-8,12,15,18H,9-11,13-14H2,1-2H3. The number of rotatable bonds is 5. The lowest BCUT2D eigenvalue weighted by molar-refractivity contribution is 0.312. The van der Waals surface area contributed by atoms with Gasteiger partial charge in [0.1, 0.15) is 12.1 Å². The van der Waals surface area contributed by atoms with E-state index in [0.29, 0.717) is 5.92 Å². The average molecular weight is 399 g/mol. The molecule has 4 heterocycles. The van der Waals surface area contributed by atoms with Crippen LogP contribution in [0.15, 0.2) is 53.3 Å². The Morgan fingerprint density at radius 2 is 1.97 bits per heavy atom. The Bertz CT molecular complexity index is 1170. The summed E-state index contributed by atoms with van der Waals surface area (Å²) in [6.07, 6.45) is 3.79. The van der Waals surface area contributed by atoms with E-state index in [1.165, 1.54) is 11.8 Å². The number of pyridine rings is 1. The first kappa shape index (κ1) is 18.9. The average Bonchev–Trinajstić information content (AvgIpc) is 3.33. The van der Waals surface area contributed by atoms with Crippen molar-refractivity contribution in [2.45, 2.75) is 33.2 Å². The monoisotopic (exact) mass is 399 g/mol. The van der Waals surface area contributed by atoms with Gasteiger partial charge in [-0.05, 0) is 57.4 Å². The van der Waals surface area contributed by atoms with Crippen LogP contribution in [0.5, 0.6) is 0 Å². The van der Waals surface area contributed by atoms with Crippen LogP contribution in [0.3, 0.4) is 0 Å². The Kier molecular flexibility index (Phi) is 5.01. The van der Waals surface area contributed by atoms with Gasteiger partial charge in [-0.1, -0.05) is 29.4 Å². The summed E-state index contributed by atoms with van der Waals surface area (Å²) in [5.41, 5.74) is 6.03. The van der Waals surface area contributed by atoms with Crippen LogP contribution in [0.25, 0.3) is 22.2 Å². The molecular weight excluding hydrogens is 374 g/mol. The number of hydrogen-bond acceptors (Lipinski definition) is 6. The maximum Gasteiger partial charge on any atom is 0.143 e. The number of fused-ring (bicyclic) bond motifs is 1. The fourth-order valence-corrected chi connectivity index (χ4v) is 4.44. The predicted octanol–water partition coefficient (Wildman–Crippen LogP) is 4.36. The van der Waals surface area contributed by atoms with E-state index >= 15 is 0 Å². The third-order valence-electron chi connectivity index (χ3n) is 5.92. The molecule has 6 nitrogen and oxygen atoms in total. The molecule has 1 fully saturated rings. The highest BCUT2D eigenvalue weighted by atomic mass is 16.5. The highest BCUT2D eigenvalue weighted by Crippen LogP contribution is 2.27. The molecule has 3 aromatic heterocycles. The van der Waals surface area contributed by atoms with Gasteiger partial charge in [0, 0.05) is 24.2 Å². The SMILES string of the molecule is Cc1noc(C)c1-c1cc(CC2CCN(Cc3ccc4ccccc4n3)C2)ncn1. The third-order valence-corrected chi connectivity index (χ3v) is 5.92. The molecule has 0 aliphatic carbocycles. The number of aromatic nitrogens is 4. The normalized spacial score (nSPS) is 17.1. The molecule has 152 valence electrons. The van der Waals surface area contributed by atoms with E-state index in [9.17, 15) is 0 Å². The first-order valence-electron chi connectivity index (χ1n) is 10.5. The van der Waals surface area contributed by atoms with Crippen molar-refractivity contribution in [2.75, 3.05) is 13.1 Å². The fraction of sp³-hybridized carbons (Fsp3) is 0.333. The first-order chi connectivity index (χ1) is 14.7. The van der Waals surface area contributed by atoms with Crippen LogP contribution in [0.2, 0.25) is 0 Å². The van der Waals surface area contributed by atoms with Crippen LogP contribution in [0.4, 0.5) is 0 Å². The van der Waals surface area contributed by atoms with Crippen molar-refractivity contribution in [3.8, 4) is 11.3 Å². The van der Waals surface area contributed by atoms with Crippen LogP contribution in [-0.2, 0) is 13.0 Å². The van der Waals surface area contributed by atoms with Crippen molar-refractivity contribution in [3.63, 3.8) is 0 Å². The van der Waals surface area contributed by atoms with Gasteiger partial charge in [0.15, 0.2) is 0 Å². The summed E-state index contributed by atoms with van der Waals surface area (Å²) in [5.74, 6) is 1.39. The summed E-state index contributed by atoms with van der Waals surface area (Å²) in [6.45, 7) is 6.94. The molecule has 0 N–H and O–H groups in total. The van der Waals surface area contributed by atoms with Crippen molar-refractivity contribution >= 4 is 10.9 Å². The van der Waals surface area contributed by atoms with Gasteiger partial charge in [0.25, 0.3) is 0 Å². The molecule has 0 saturated carbocycles. The Morgan fingerprint density at radius 1 is 1.07 bits per heavy atom. The zero-order chi connectivity index (χ0) is 20.5. The van der Waals surface area contributed by atoms with Crippen molar-refractivity contribution < 1.29 is 4.52 Å². The molecule has 6 heteroatoms. The quantitative estimate of drug-likeness (QED) is 0.497. The second kappa shape index (κ2) is 7.95. The molecule has 1 saturated heterocycles. The van der Waals surface area contributed by atoms with Gasteiger partial charge in [0.2, 0.25) is 0 Å². The topological polar surface area (TPSA) is 67.9 Å². The van der Waals surface area contributed by atoms with Crippen molar-refractivity contribution in [3.05, 3.63) is 71.6 Å². The summed E-state index contributed by atoms with van der Waals surface area (Å²) in [5, 5.41) is 5.24. The van der Waals surface area contributed by atoms with Crippen LogP contribution >= 0.6 is 0 Å². The number of aryl methyl sites for hydroxylation is 2. The Hall–Kier alpha value is -3.12. The molecule has 30 heavy (non-hydrogen) atoms. The molecule has 1 aromatic carbocycles.